The van der Waals surface area contributed by atoms with Crippen LogP contribution in [0, 0.1) is 10.1 Å². The van der Waals surface area contributed by atoms with E-state index in [2.05, 4.69) is 5.32 Å². The molecule has 0 radical (unpaired) electrons. The van der Waals surface area contributed by atoms with Crippen molar-refractivity contribution in [2.24, 2.45) is 0 Å². The predicted octanol–water partition coefficient (Wildman–Crippen LogP) is 1.33. The number of aliphatic hydroxyl groups is 1. The molecule has 0 aromatic heterocycles. The van der Waals surface area contributed by atoms with E-state index >= 15 is 0 Å². The van der Waals surface area contributed by atoms with E-state index in [1.54, 1.807) is 0 Å². The summed E-state index contributed by atoms with van der Waals surface area (Å²) in [6, 6.07) is 11.9. The van der Waals surface area contributed by atoms with Crippen molar-refractivity contribution in [1.29, 1.82) is 0 Å². The SMILES string of the molecule is Nc1ccc(CCNCC(O)COc2cccc([N+](=O)[O-])c2N)cc1. The summed E-state index contributed by atoms with van der Waals surface area (Å²) in [6.45, 7) is 1.02. The fourth-order valence-corrected chi connectivity index (χ4v) is 2.25. The Balaban J connectivity index is 1.72. The van der Waals surface area contributed by atoms with Crippen molar-refractivity contribution in [2.75, 3.05) is 31.2 Å². The average molecular weight is 346 g/mol. The van der Waals surface area contributed by atoms with E-state index in [4.69, 9.17) is 16.2 Å². The fraction of sp³-hybridized carbons (Fsp3) is 0.294. The zero-order chi connectivity index (χ0) is 18.2. The van der Waals surface area contributed by atoms with Crippen molar-refractivity contribution in [2.45, 2.75) is 12.5 Å². The zero-order valence-electron chi connectivity index (χ0n) is 13.7. The Morgan fingerprint density at radius 3 is 2.60 bits per heavy atom. The van der Waals surface area contributed by atoms with Crippen molar-refractivity contribution in [3.05, 3.63) is 58.1 Å². The van der Waals surface area contributed by atoms with Gasteiger partial charge in [0.2, 0.25) is 0 Å². The molecule has 0 saturated heterocycles. The van der Waals surface area contributed by atoms with Crippen molar-refractivity contribution < 1.29 is 14.8 Å². The molecule has 25 heavy (non-hydrogen) atoms. The number of hydrogen-bond acceptors (Lipinski definition) is 7. The summed E-state index contributed by atoms with van der Waals surface area (Å²) in [6.07, 6.45) is 0.0520. The number of nitrogens with zero attached hydrogens (tertiary/aromatic N) is 1. The Kier molecular flexibility index (Phi) is 6.55. The number of nitrogens with one attached hydrogen (secondary N) is 1. The number of aliphatic hydroxyl groups excluding tert-OH is 1. The van der Waals surface area contributed by atoms with Gasteiger partial charge in [-0.2, -0.15) is 0 Å². The maximum atomic E-state index is 10.8. The topological polar surface area (TPSA) is 137 Å². The number of rotatable bonds is 9. The lowest BCUT2D eigenvalue weighted by Gasteiger charge is -2.14. The highest BCUT2D eigenvalue weighted by molar-refractivity contribution is 5.66. The van der Waals surface area contributed by atoms with E-state index in [1.165, 1.54) is 18.2 Å². The van der Waals surface area contributed by atoms with E-state index in [9.17, 15) is 15.2 Å². The van der Waals surface area contributed by atoms with Gasteiger partial charge >= 0.3 is 0 Å². The molecule has 134 valence electrons. The third kappa shape index (κ3) is 5.63. The van der Waals surface area contributed by atoms with E-state index < -0.39 is 11.0 Å². The van der Waals surface area contributed by atoms with Gasteiger partial charge < -0.3 is 26.6 Å². The van der Waals surface area contributed by atoms with E-state index in [-0.39, 0.29) is 23.7 Å². The molecule has 8 heteroatoms. The minimum atomic E-state index is -0.759. The Bertz CT molecular complexity index is 706. The third-order valence-electron chi connectivity index (χ3n) is 3.62. The molecule has 2 rings (SSSR count). The summed E-state index contributed by atoms with van der Waals surface area (Å²) in [5.74, 6) is 0.190. The van der Waals surface area contributed by atoms with E-state index in [1.807, 2.05) is 24.3 Å². The summed E-state index contributed by atoms with van der Waals surface area (Å²) < 4.78 is 5.38. The van der Waals surface area contributed by atoms with Gasteiger partial charge in [0.15, 0.2) is 5.69 Å². The summed E-state index contributed by atoms with van der Waals surface area (Å²) in [7, 11) is 0. The molecule has 0 heterocycles. The van der Waals surface area contributed by atoms with Crippen LogP contribution in [0.5, 0.6) is 5.75 Å². The van der Waals surface area contributed by atoms with Gasteiger partial charge in [0.1, 0.15) is 18.5 Å². The lowest BCUT2D eigenvalue weighted by Crippen LogP contribution is -2.32. The number of para-hydroxylation sites is 1. The van der Waals surface area contributed by atoms with Crippen LogP contribution < -0.4 is 21.5 Å². The highest BCUT2D eigenvalue weighted by atomic mass is 16.6. The van der Waals surface area contributed by atoms with Gasteiger partial charge in [-0.05, 0) is 36.7 Å². The summed E-state index contributed by atoms with van der Waals surface area (Å²) in [5.41, 5.74) is 12.9. The highest BCUT2D eigenvalue weighted by Crippen LogP contribution is 2.30. The molecular weight excluding hydrogens is 324 g/mol. The van der Waals surface area contributed by atoms with Crippen LogP contribution in [-0.4, -0.2) is 35.8 Å². The number of nitrogens with two attached hydrogens (primary N) is 2. The molecule has 0 saturated carbocycles. The van der Waals surface area contributed by atoms with Crippen LogP contribution in [0.4, 0.5) is 17.1 Å². The van der Waals surface area contributed by atoms with Crippen LogP contribution in [0.1, 0.15) is 5.56 Å². The molecule has 1 unspecified atom stereocenters. The molecule has 0 aliphatic rings. The molecule has 0 aliphatic heterocycles. The number of benzene rings is 2. The second kappa shape index (κ2) is 8.86. The normalized spacial score (nSPS) is 11.9. The standard InChI is InChI=1S/C17H22N4O4/c18-13-6-4-12(5-7-13)8-9-20-10-14(22)11-25-16-3-1-2-15(17(16)19)21(23)24/h1-7,14,20,22H,8-11,18-19H2. The van der Waals surface area contributed by atoms with Crippen LogP contribution in [0.25, 0.3) is 0 Å². The molecule has 0 amide bonds. The van der Waals surface area contributed by atoms with Crippen LogP contribution in [0.3, 0.4) is 0 Å². The van der Waals surface area contributed by atoms with E-state index in [0.29, 0.717) is 13.1 Å². The average Bonchev–Trinajstić information content (AvgIpc) is 2.59. The lowest BCUT2D eigenvalue weighted by atomic mass is 10.1. The molecular formula is C17H22N4O4. The first kappa shape index (κ1) is 18.5. The Morgan fingerprint density at radius 2 is 1.92 bits per heavy atom. The van der Waals surface area contributed by atoms with Gasteiger partial charge in [-0.3, -0.25) is 10.1 Å². The largest absolute Gasteiger partial charge is 0.488 e. The monoisotopic (exact) mass is 346 g/mol. The van der Waals surface area contributed by atoms with E-state index in [0.717, 1.165) is 17.7 Å². The number of nitrogen functional groups attached to an aromatic ring is 2. The maximum absolute atomic E-state index is 10.8. The van der Waals surface area contributed by atoms with Crippen molar-refractivity contribution >= 4 is 17.1 Å². The molecule has 8 nitrogen and oxygen atoms in total. The van der Waals surface area contributed by atoms with Crippen LogP contribution in [-0.2, 0) is 6.42 Å². The fourth-order valence-electron chi connectivity index (χ4n) is 2.25. The third-order valence-corrected chi connectivity index (χ3v) is 3.62. The van der Waals surface area contributed by atoms with Gasteiger partial charge in [-0.15, -0.1) is 0 Å². The predicted molar refractivity (Wildman–Crippen MR) is 96.4 cm³/mol. The van der Waals surface area contributed by atoms with Crippen LogP contribution in [0.2, 0.25) is 0 Å². The molecule has 6 N–H and O–H groups in total. The maximum Gasteiger partial charge on any atom is 0.295 e. The summed E-state index contributed by atoms with van der Waals surface area (Å²) in [4.78, 5) is 10.3. The van der Waals surface area contributed by atoms with Gasteiger partial charge in [0, 0.05) is 18.3 Å². The summed E-state index contributed by atoms with van der Waals surface area (Å²) in [5, 5.41) is 23.9. The molecule has 0 spiro atoms. The van der Waals surface area contributed by atoms with Crippen LogP contribution in [0.15, 0.2) is 42.5 Å². The molecule has 0 aliphatic carbocycles. The number of hydrogen-bond donors (Lipinski definition) is 4. The van der Waals surface area contributed by atoms with Gasteiger partial charge in [-0.1, -0.05) is 18.2 Å². The molecule has 2 aromatic rings. The Morgan fingerprint density at radius 1 is 1.20 bits per heavy atom. The van der Waals surface area contributed by atoms with Crippen molar-refractivity contribution in [1.82, 2.24) is 5.32 Å². The Labute approximate surface area is 145 Å². The minimum absolute atomic E-state index is 0.0137. The Hall–Kier alpha value is -2.84. The highest BCUT2D eigenvalue weighted by Gasteiger charge is 2.16. The molecule has 2 aromatic carbocycles. The first-order chi connectivity index (χ1) is 12.0. The van der Waals surface area contributed by atoms with Gasteiger partial charge in [0.05, 0.1) is 4.92 Å². The second-order valence-corrected chi connectivity index (χ2v) is 5.61. The van der Waals surface area contributed by atoms with Gasteiger partial charge in [0.25, 0.3) is 5.69 Å². The van der Waals surface area contributed by atoms with Crippen LogP contribution >= 0.6 is 0 Å². The molecule has 0 fully saturated rings. The number of nitro groups is 1. The lowest BCUT2D eigenvalue weighted by molar-refractivity contribution is -0.384. The molecule has 1 atom stereocenters. The second-order valence-electron chi connectivity index (χ2n) is 5.61. The van der Waals surface area contributed by atoms with Crippen molar-refractivity contribution in [3.63, 3.8) is 0 Å². The minimum Gasteiger partial charge on any atom is -0.488 e. The first-order valence-corrected chi connectivity index (χ1v) is 7.86. The van der Waals surface area contributed by atoms with Gasteiger partial charge in [-0.25, -0.2) is 0 Å². The summed E-state index contributed by atoms with van der Waals surface area (Å²) >= 11 is 0. The zero-order valence-corrected chi connectivity index (χ0v) is 13.7. The molecule has 0 bridgehead atoms. The first-order valence-electron chi connectivity index (χ1n) is 7.86. The number of nitro benzene ring substituents is 1. The number of ether oxygens (including phenoxy) is 1. The number of anilines is 2. The quantitative estimate of drug-likeness (QED) is 0.233. The van der Waals surface area contributed by atoms with Crippen molar-refractivity contribution in [3.8, 4) is 5.75 Å². The smallest absolute Gasteiger partial charge is 0.295 e.